The number of fused-ring (bicyclic) bond motifs is 3. The molecule has 27 heavy (non-hydrogen) atoms. The maximum atomic E-state index is 13.1. The molecule has 2 aromatic heterocycles. The van der Waals surface area contributed by atoms with Crippen LogP contribution in [0.1, 0.15) is 13.3 Å². The molecular formula is C19H21ClN5O2+. The number of rotatable bonds is 3. The fraction of sp³-hybridized carbons (Fsp3) is 0.316. The average Bonchev–Trinajstić information content (AvgIpc) is 3.06. The van der Waals surface area contributed by atoms with Crippen molar-refractivity contribution in [2.45, 2.75) is 26.4 Å². The molecule has 8 heteroatoms. The Morgan fingerprint density at radius 3 is 2.74 bits per heavy atom. The van der Waals surface area contributed by atoms with Gasteiger partial charge >= 0.3 is 11.6 Å². The number of benzene rings is 1. The summed E-state index contributed by atoms with van der Waals surface area (Å²) < 4.78 is 4.68. The molecule has 0 saturated carbocycles. The molecule has 0 fully saturated rings. The Labute approximate surface area is 160 Å². The Bertz CT molecular complexity index is 1150. The number of nitrogens with zero attached hydrogens (tertiary/aromatic N) is 4. The molecule has 0 bridgehead atoms. The lowest BCUT2D eigenvalue weighted by atomic mass is 10.2. The van der Waals surface area contributed by atoms with Crippen molar-refractivity contribution in [3.05, 3.63) is 62.3 Å². The smallest absolute Gasteiger partial charge is 0.267 e. The number of para-hydroxylation sites is 1. The van der Waals surface area contributed by atoms with Crippen LogP contribution in [0.4, 0.5) is 11.6 Å². The zero-order valence-corrected chi connectivity index (χ0v) is 16.0. The molecule has 0 spiro atoms. The number of imidazole rings is 1. The third-order valence-electron chi connectivity index (χ3n) is 4.92. The lowest BCUT2D eigenvalue weighted by Crippen LogP contribution is -2.49. The highest BCUT2D eigenvalue weighted by molar-refractivity contribution is 6.29. The van der Waals surface area contributed by atoms with Gasteiger partial charge in [0.05, 0.1) is 19.6 Å². The van der Waals surface area contributed by atoms with E-state index < -0.39 is 0 Å². The molecule has 3 heterocycles. The SMILES string of the molecule is C/C(Cl)=C\Cn1c(=O)c2c([nH]c3[n+]2CCCN3c2ccccc2)n(C)c1=O. The van der Waals surface area contributed by atoms with Crippen LogP contribution in [0, 0.1) is 0 Å². The van der Waals surface area contributed by atoms with E-state index in [1.807, 2.05) is 34.9 Å². The monoisotopic (exact) mass is 386 g/mol. The van der Waals surface area contributed by atoms with E-state index in [1.165, 1.54) is 9.13 Å². The Balaban J connectivity index is 1.97. The van der Waals surface area contributed by atoms with E-state index in [2.05, 4.69) is 9.88 Å². The minimum absolute atomic E-state index is 0.152. The van der Waals surface area contributed by atoms with Crippen molar-refractivity contribution < 1.29 is 4.57 Å². The lowest BCUT2D eigenvalue weighted by Gasteiger charge is -2.21. The van der Waals surface area contributed by atoms with Gasteiger partial charge in [0.2, 0.25) is 11.2 Å². The number of allylic oxidation sites excluding steroid dienone is 2. The minimum Gasteiger partial charge on any atom is -0.267 e. The molecule has 0 aliphatic carbocycles. The number of aromatic nitrogens is 4. The molecule has 4 rings (SSSR count). The van der Waals surface area contributed by atoms with E-state index >= 15 is 0 Å². The molecule has 0 radical (unpaired) electrons. The number of aromatic amines is 1. The van der Waals surface area contributed by atoms with E-state index in [4.69, 9.17) is 11.6 Å². The maximum Gasteiger partial charge on any atom is 0.364 e. The van der Waals surface area contributed by atoms with Gasteiger partial charge in [-0.1, -0.05) is 35.9 Å². The normalized spacial score (nSPS) is 14.6. The van der Waals surface area contributed by atoms with E-state index in [9.17, 15) is 9.59 Å². The second-order valence-corrected chi connectivity index (χ2v) is 7.28. The van der Waals surface area contributed by atoms with Gasteiger partial charge in [0.1, 0.15) is 5.69 Å². The first-order valence-electron chi connectivity index (χ1n) is 8.89. The summed E-state index contributed by atoms with van der Waals surface area (Å²) in [6.45, 7) is 3.43. The maximum absolute atomic E-state index is 13.1. The van der Waals surface area contributed by atoms with Crippen LogP contribution in [0.2, 0.25) is 0 Å². The van der Waals surface area contributed by atoms with Crippen LogP contribution in [-0.2, 0) is 20.1 Å². The first kappa shape index (κ1) is 17.6. The quantitative estimate of drug-likeness (QED) is 0.700. The second-order valence-electron chi connectivity index (χ2n) is 6.69. The van der Waals surface area contributed by atoms with Gasteiger partial charge in [-0.25, -0.2) is 19.2 Å². The zero-order valence-electron chi connectivity index (χ0n) is 15.3. The van der Waals surface area contributed by atoms with Crippen LogP contribution in [0.15, 0.2) is 51.0 Å². The van der Waals surface area contributed by atoms with Crippen molar-refractivity contribution in [1.29, 1.82) is 0 Å². The van der Waals surface area contributed by atoms with Gasteiger partial charge in [0.15, 0.2) is 0 Å². The Kier molecular flexibility index (Phi) is 4.39. The van der Waals surface area contributed by atoms with Crippen LogP contribution in [0.5, 0.6) is 0 Å². The van der Waals surface area contributed by atoms with Crippen molar-refractivity contribution in [2.24, 2.45) is 7.05 Å². The van der Waals surface area contributed by atoms with Crippen molar-refractivity contribution in [3.8, 4) is 0 Å². The standard InChI is InChI=1S/C19H20ClN5O2/c1-13(20)9-12-25-17(26)15-16(22(2)19(25)27)21-18-23(10-6-11-24(15)18)14-7-4-3-5-8-14/h3-5,7-9H,6,10-12H2,1-2H3/p+1/b13-9+. The van der Waals surface area contributed by atoms with Crippen molar-refractivity contribution in [1.82, 2.24) is 14.1 Å². The molecule has 3 aromatic rings. The van der Waals surface area contributed by atoms with E-state index in [0.29, 0.717) is 16.2 Å². The molecule has 1 aliphatic heterocycles. The molecular weight excluding hydrogens is 366 g/mol. The topological polar surface area (TPSA) is 66.9 Å². The lowest BCUT2D eigenvalue weighted by molar-refractivity contribution is -0.663. The summed E-state index contributed by atoms with van der Waals surface area (Å²) in [6, 6.07) is 10.0. The van der Waals surface area contributed by atoms with Gasteiger partial charge in [-0.15, -0.1) is 0 Å². The van der Waals surface area contributed by atoms with Gasteiger partial charge in [0.25, 0.3) is 5.56 Å². The first-order valence-corrected chi connectivity index (χ1v) is 9.27. The van der Waals surface area contributed by atoms with Crippen LogP contribution >= 0.6 is 11.6 Å². The van der Waals surface area contributed by atoms with E-state index in [-0.39, 0.29) is 17.8 Å². The molecule has 0 unspecified atom stereocenters. The number of aryl methyl sites for hydroxylation is 2. The Morgan fingerprint density at radius 2 is 2.04 bits per heavy atom. The Morgan fingerprint density at radius 1 is 1.30 bits per heavy atom. The average molecular weight is 387 g/mol. The van der Waals surface area contributed by atoms with Gasteiger partial charge < -0.3 is 0 Å². The van der Waals surface area contributed by atoms with Crippen molar-refractivity contribution in [2.75, 3.05) is 11.4 Å². The fourth-order valence-electron chi connectivity index (χ4n) is 3.58. The van der Waals surface area contributed by atoms with Crippen LogP contribution < -0.4 is 20.7 Å². The number of hydrogen-bond donors (Lipinski definition) is 1. The number of nitrogens with one attached hydrogen (secondary N) is 1. The van der Waals surface area contributed by atoms with Gasteiger partial charge in [-0.2, -0.15) is 0 Å². The molecule has 0 saturated heterocycles. The molecule has 7 nitrogen and oxygen atoms in total. The fourth-order valence-corrected chi connectivity index (χ4v) is 3.65. The summed E-state index contributed by atoms with van der Waals surface area (Å²) in [5.74, 6) is 0.816. The highest BCUT2D eigenvalue weighted by Gasteiger charge is 2.32. The number of anilines is 2. The Hall–Kier alpha value is -2.80. The second kappa shape index (κ2) is 6.74. The molecule has 1 aliphatic rings. The van der Waals surface area contributed by atoms with Gasteiger partial charge in [-0.05, 0) is 19.1 Å². The summed E-state index contributed by atoms with van der Waals surface area (Å²) in [7, 11) is 1.67. The highest BCUT2D eigenvalue weighted by Crippen LogP contribution is 2.25. The highest BCUT2D eigenvalue weighted by atomic mass is 35.5. The van der Waals surface area contributed by atoms with Crippen LogP contribution in [-0.4, -0.2) is 20.7 Å². The third-order valence-corrected chi connectivity index (χ3v) is 5.08. The summed E-state index contributed by atoms with van der Waals surface area (Å²) in [4.78, 5) is 31.2. The molecule has 0 atom stereocenters. The van der Waals surface area contributed by atoms with Crippen molar-refractivity contribution in [3.63, 3.8) is 0 Å². The summed E-state index contributed by atoms with van der Waals surface area (Å²) in [5, 5.41) is 0.544. The van der Waals surface area contributed by atoms with Crippen molar-refractivity contribution >= 4 is 34.4 Å². The van der Waals surface area contributed by atoms with Gasteiger partial charge in [-0.3, -0.25) is 13.9 Å². The zero-order chi connectivity index (χ0) is 19.1. The summed E-state index contributed by atoms with van der Waals surface area (Å²) in [5.41, 5.74) is 1.41. The number of halogens is 1. The predicted octanol–water partition coefficient (Wildman–Crippen LogP) is 2.00. The van der Waals surface area contributed by atoms with Crippen LogP contribution in [0.3, 0.4) is 0 Å². The van der Waals surface area contributed by atoms with E-state index in [1.54, 1.807) is 20.0 Å². The molecule has 1 aromatic carbocycles. The third kappa shape index (κ3) is 2.88. The molecule has 140 valence electrons. The number of H-pyrrole nitrogens is 1. The first-order chi connectivity index (χ1) is 13.0. The largest absolute Gasteiger partial charge is 0.364 e. The number of hydrogen-bond acceptors (Lipinski definition) is 3. The summed E-state index contributed by atoms with van der Waals surface area (Å²) in [6.07, 6.45) is 2.57. The predicted molar refractivity (Wildman–Crippen MR) is 106 cm³/mol. The van der Waals surface area contributed by atoms with Crippen LogP contribution in [0.25, 0.3) is 11.2 Å². The molecule has 1 N–H and O–H groups in total. The minimum atomic E-state index is -0.368. The van der Waals surface area contributed by atoms with Gasteiger partial charge in [0, 0.05) is 18.5 Å². The summed E-state index contributed by atoms with van der Waals surface area (Å²) >= 11 is 5.89. The molecule has 0 amide bonds. The van der Waals surface area contributed by atoms with E-state index in [0.717, 1.165) is 31.1 Å².